The number of methoxy groups -OCH3 is 1. The van der Waals surface area contributed by atoms with Crippen LogP contribution in [-0.4, -0.2) is 50.0 Å². The van der Waals surface area contributed by atoms with Crippen LogP contribution in [0.25, 0.3) is 0 Å². The number of hydrogen-bond acceptors (Lipinski definition) is 8. The van der Waals surface area contributed by atoms with Crippen molar-refractivity contribution in [3.63, 3.8) is 0 Å². The van der Waals surface area contributed by atoms with E-state index in [1.54, 1.807) is 32.2 Å². The van der Waals surface area contributed by atoms with Gasteiger partial charge in [-0.25, -0.2) is 9.67 Å². The van der Waals surface area contributed by atoms with Crippen molar-refractivity contribution in [2.24, 2.45) is 12.2 Å². The number of oxime groups is 1. The Balaban J connectivity index is 1.74. The molecule has 0 aliphatic rings. The Morgan fingerprint density at radius 1 is 1.21 bits per heavy atom. The third-order valence-electron chi connectivity index (χ3n) is 4.03. The molecule has 1 N–H and O–H groups in total. The van der Waals surface area contributed by atoms with E-state index in [4.69, 9.17) is 9.57 Å². The number of amides is 1. The maximum Gasteiger partial charge on any atom is 0.254 e. The van der Waals surface area contributed by atoms with E-state index in [1.807, 2.05) is 30.3 Å². The zero-order valence-electron chi connectivity index (χ0n) is 16.3. The molecule has 0 saturated carbocycles. The van der Waals surface area contributed by atoms with Gasteiger partial charge in [0.15, 0.2) is 12.3 Å². The molecule has 3 aromatic rings. The number of aromatic nitrogens is 5. The number of tetrazole rings is 1. The molecule has 0 spiro atoms. The lowest BCUT2D eigenvalue weighted by molar-refractivity contribution is -0.124. The third kappa shape index (κ3) is 5.20. The predicted octanol–water partition coefficient (Wildman–Crippen LogP) is 1.55. The monoisotopic (exact) mass is 395 g/mol. The van der Waals surface area contributed by atoms with Gasteiger partial charge in [-0.2, -0.15) is 0 Å². The van der Waals surface area contributed by atoms with Gasteiger partial charge in [0.05, 0.1) is 5.69 Å². The second kappa shape index (κ2) is 9.51. The summed E-state index contributed by atoms with van der Waals surface area (Å²) in [6.45, 7) is 1.76. The first-order valence-corrected chi connectivity index (χ1v) is 8.86. The molecular weight excluding hydrogens is 374 g/mol. The number of carbonyl (C=O) groups excluding carboxylic acids is 1. The largest absolute Gasteiger partial charge is 0.389 e. The van der Waals surface area contributed by atoms with Crippen LogP contribution in [-0.2, 0) is 28.0 Å². The van der Waals surface area contributed by atoms with Gasteiger partial charge in [0.2, 0.25) is 5.82 Å². The fraction of sp³-hybridized carbons (Fsp3) is 0.263. The van der Waals surface area contributed by atoms with Crippen LogP contribution in [0.3, 0.4) is 0 Å². The van der Waals surface area contributed by atoms with Gasteiger partial charge in [0, 0.05) is 19.7 Å². The highest BCUT2D eigenvalue weighted by Crippen LogP contribution is 2.10. The lowest BCUT2D eigenvalue weighted by Crippen LogP contribution is -2.27. The molecule has 1 amide bonds. The summed E-state index contributed by atoms with van der Waals surface area (Å²) in [5.74, 6) is 0.598. The molecule has 3 rings (SSSR count). The van der Waals surface area contributed by atoms with E-state index in [9.17, 15) is 4.79 Å². The van der Waals surface area contributed by atoms with Crippen LogP contribution in [0.2, 0.25) is 0 Å². The van der Waals surface area contributed by atoms with Crippen LogP contribution in [0, 0.1) is 0 Å². The summed E-state index contributed by atoms with van der Waals surface area (Å²) in [6, 6.07) is 14.7. The van der Waals surface area contributed by atoms with Gasteiger partial charge in [0.1, 0.15) is 11.9 Å². The fourth-order valence-corrected chi connectivity index (χ4v) is 2.38. The first kappa shape index (κ1) is 20.1. The van der Waals surface area contributed by atoms with Gasteiger partial charge in [-0.1, -0.05) is 41.6 Å². The van der Waals surface area contributed by atoms with Crippen molar-refractivity contribution in [2.75, 3.05) is 12.4 Å². The third-order valence-corrected chi connectivity index (χ3v) is 4.03. The first-order valence-electron chi connectivity index (χ1n) is 8.86. The van der Waals surface area contributed by atoms with Crippen LogP contribution in [0.4, 0.5) is 5.82 Å². The summed E-state index contributed by atoms with van der Waals surface area (Å²) in [7, 11) is 3.19. The van der Waals surface area contributed by atoms with Crippen molar-refractivity contribution >= 4 is 17.4 Å². The predicted molar refractivity (Wildman–Crippen MR) is 105 cm³/mol. The number of nitrogens with one attached hydrogen (secondary N) is 1. The van der Waals surface area contributed by atoms with Gasteiger partial charge in [-0.15, -0.1) is 5.10 Å². The molecule has 1 aromatic carbocycles. The Hall–Kier alpha value is -3.66. The minimum absolute atomic E-state index is 0.102. The summed E-state index contributed by atoms with van der Waals surface area (Å²) in [6.07, 6.45) is -0.574. The van der Waals surface area contributed by atoms with E-state index in [0.29, 0.717) is 23.0 Å². The molecule has 2 aromatic heterocycles. The molecule has 1 unspecified atom stereocenters. The van der Waals surface area contributed by atoms with Crippen LogP contribution in [0.5, 0.6) is 0 Å². The maximum atomic E-state index is 11.9. The lowest BCUT2D eigenvalue weighted by Gasteiger charge is -2.10. The number of benzene rings is 1. The van der Waals surface area contributed by atoms with Crippen molar-refractivity contribution in [1.29, 1.82) is 0 Å². The molecule has 0 fully saturated rings. The van der Waals surface area contributed by atoms with Crippen LogP contribution in [0.1, 0.15) is 24.0 Å². The Bertz CT molecular complexity index is 988. The van der Waals surface area contributed by atoms with Gasteiger partial charge >= 0.3 is 0 Å². The van der Waals surface area contributed by atoms with E-state index in [1.165, 1.54) is 11.8 Å². The SMILES string of the molecule is COC(C)C(=O)Nc1cccc(CON=C(c2ccccc2)c2nnnn2C)n1. The second-order valence-corrected chi connectivity index (χ2v) is 6.09. The standard InChI is InChI=1S/C19H21N7O3/c1-13(28-3)19(27)21-16-11-7-10-15(20-16)12-29-23-17(14-8-5-4-6-9-14)18-22-24-25-26(18)2/h4-11,13H,12H2,1-3H3,(H,20,21,27). The van der Waals surface area contributed by atoms with Crippen molar-refractivity contribution in [3.05, 3.63) is 65.6 Å². The summed E-state index contributed by atoms with van der Waals surface area (Å²) < 4.78 is 6.51. The Kier molecular flexibility index (Phi) is 6.59. The van der Waals surface area contributed by atoms with Crippen LogP contribution >= 0.6 is 0 Å². The highest BCUT2D eigenvalue weighted by molar-refractivity contribution is 6.10. The topological polar surface area (TPSA) is 116 Å². The molecule has 1 atom stereocenters. The number of pyridine rings is 1. The van der Waals surface area contributed by atoms with Gasteiger partial charge < -0.3 is 14.9 Å². The zero-order chi connectivity index (χ0) is 20.6. The summed E-state index contributed by atoms with van der Waals surface area (Å²) in [5.41, 5.74) is 1.91. The van der Waals surface area contributed by atoms with E-state index in [-0.39, 0.29) is 12.5 Å². The van der Waals surface area contributed by atoms with Crippen molar-refractivity contribution in [2.45, 2.75) is 19.6 Å². The number of rotatable bonds is 8. The number of anilines is 1. The maximum absolute atomic E-state index is 11.9. The fourth-order valence-electron chi connectivity index (χ4n) is 2.38. The Morgan fingerprint density at radius 3 is 2.69 bits per heavy atom. The lowest BCUT2D eigenvalue weighted by atomic mass is 10.1. The highest BCUT2D eigenvalue weighted by Gasteiger charge is 2.15. The molecule has 0 bridgehead atoms. The zero-order valence-corrected chi connectivity index (χ0v) is 16.3. The number of ether oxygens (including phenoxy) is 1. The molecule has 150 valence electrons. The average molecular weight is 395 g/mol. The summed E-state index contributed by atoms with van der Waals surface area (Å²) in [4.78, 5) is 21.8. The van der Waals surface area contributed by atoms with E-state index >= 15 is 0 Å². The molecule has 0 aliphatic heterocycles. The normalized spacial score (nSPS) is 12.4. The molecular formula is C19H21N7O3. The Morgan fingerprint density at radius 2 is 2.00 bits per heavy atom. The second-order valence-electron chi connectivity index (χ2n) is 6.09. The van der Waals surface area contributed by atoms with E-state index < -0.39 is 6.10 Å². The highest BCUT2D eigenvalue weighted by atomic mass is 16.6. The quantitative estimate of drug-likeness (QED) is 0.454. The minimum Gasteiger partial charge on any atom is -0.389 e. The molecule has 2 heterocycles. The van der Waals surface area contributed by atoms with Crippen LogP contribution in [0.15, 0.2) is 53.7 Å². The summed E-state index contributed by atoms with van der Waals surface area (Å²) in [5, 5.41) is 18.4. The van der Waals surface area contributed by atoms with E-state index in [0.717, 1.165) is 5.56 Å². The molecule has 0 aliphatic carbocycles. The molecule has 0 radical (unpaired) electrons. The summed E-state index contributed by atoms with van der Waals surface area (Å²) >= 11 is 0. The van der Waals surface area contributed by atoms with Crippen molar-refractivity contribution in [1.82, 2.24) is 25.2 Å². The molecule has 0 saturated heterocycles. The Labute approximate surface area is 167 Å². The average Bonchev–Trinajstić information content (AvgIpc) is 3.17. The molecule has 10 nitrogen and oxygen atoms in total. The van der Waals surface area contributed by atoms with E-state index in [2.05, 4.69) is 31.0 Å². The number of hydrogen-bond donors (Lipinski definition) is 1. The molecule has 29 heavy (non-hydrogen) atoms. The number of carbonyl (C=O) groups is 1. The first-order chi connectivity index (χ1) is 14.1. The smallest absolute Gasteiger partial charge is 0.254 e. The number of aryl methyl sites for hydroxylation is 1. The van der Waals surface area contributed by atoms with Gasteiger partial charge in [-0.3, -0.25) is 4.79 Å². The van der Waals surface area contributed by atoms with Crippen LogP contribution < -0.4 is 5.32 Å². The molecule has 10 heteroatoms. The van der Waals surface area contributed by atoms with Gasteiger partial charge in [0.25, 0.3) is 5.91 Å². The minimum atomic E-state index is -0.574. The number of nitrogens with zero attached hydrogens (tertiary/aromatic N) is 6. The van der Waals surface area contributed by atoms with Crippen molar-refractivity contribution in [3.8, 4) is 0 Å². The van der Waals surface area contributed by atoms with Gasteiger partial charge in [-0.05, 0) is 29.5 Å². The van der Waals surface area contributed by atoms with Crippen molar-refractivity contribution < 1.29 is 14.4 Å².